The maximum absolute atomic E-state index is 10.1. The fourth-order valence-corrected chi connectivity index (χ4v) is 6.07. The maximum atomic E-state index is 10.1. The molecule has 3 N–H and O–H groups in total. The molecule has 1 heterocycles. The van der Waals surface area contributed by atoms with Crippen molar-refractivity contribution in [1.82, 2.24) is 5.01 Å². The molecule has 4 heteroatoms. The third-order valence-corrected chi connectivity index (χ3v) is 8.08. The smallest absolute Gasteiger partial charge is 0.115 e. The van der Waals surface area contributed by atoms with Crippen molar-refractivity contribution >= 4 is 5.69 Å². The van der Waals surface area contributed by atoms with E-state index in [-0.39, 0.29) is 0 Å². The fourth-order valence-electron chi connectivity index (χ4n) is 6.07. The second-order valence-corrected chi connectivity index (χ2v) is 10.1. The van der Waals surface area contributed by atoms with E-state index >= 15 is 0 Å². The number of fused-ring (bicyclic) bond motifs is 1. The number of aromatic hydroxyl groups is 1. The Hall–Kier alpha value is -3.24. The number of aryl methyl sites for hydroxylation is 1. The lowest BCUT2D eigenvalue weighted by Gasteiger charge is -2.36. The predicted molar refractivity (Wildman–Crippen MR) is 145 cm³/mol. The number of phenolic OH excluding ortho intramolecular Hbond substituents is 1. The van der Waals surface area contributed by atoms with Crippen molar-refractivity contribution in [2.24, 2.45) is 11.8 Å². The number of hydrogen-bond acceptors (Lipinski definition) is 4. The lowest BCUT2D eigenvalue weighted by Crippen LogP contribution is -2.35. The van der Waals surface area contributed by atoms with Crippen LogP contribution >= 0.6 is 0 Å². The van der Waals surface area contributed by atoms with E-state index in [1.165, 1.54) is 40.8 Å². The molecule has 3 aromatic rings. The predicted octanol–water partition coefficient (Wildman–Crippen LogP) is 6.18. The van der Waals surface area contributed by atoms with Gasteiger partial charge in [0.05, 0.1) is 0 Å². The van der Waals surface area contributed by atoms with E-state index in [9.17, 15) is 5.11 Å². The van der Waals surface area contributed by atoms with E-state index < -0.39 is 0 Å². The number of nitrogens with two attached hydrogens (primary N) is 1. The summed E-state index contributed by atoms with van der Waals surface area (Å²) >= 11 is 0. The van der Waals surface area contributed by atoms with Crippen LogP contribution < -0.4 is 10.7 Å². The van der Waals surface area contributed by atoms with Gasteiger partial charge in [0.25, 0.3) is 0 Å². The van der Waals surface area contributed by atoms with Crippen molar-refractivity contribution < 1.29 is 5.11 Å². The molecule has 1 saturated heterocycles. The molecule has 0 bridgehead atoms. The fraction of sp³-hybridized carbons (Fsp3) is 0.355. The van der Waals surface area contributed by atoms with Gasteiger partial charge in [-0.2, -0.15) is 0 Å². The second kappa shape index (κ2) is 10.6. The molecule has 0 spiro atoms. The molecule has 1 fully saturated rings. The maximum Gasteiger partial charge on any atom is 0.115 e. The third kappa shape index (κ3) is 5.23. The van der Waals surface area contributed by atoms with Crippen LogP contribution in [-0.2, 0) is 6.42 Å². The number of nitrogens with zero attached hydrogens (tertiary/aromatic N) is 2. The average molecular weight is 468 g/mol. The highest BCUT2D eigenvalue weighted by Gasteiger charge is 2.32. The third-order valence-electron chi connectivity index (χ3n) is 8.08. The largest absolute Gasteiger partial charge is 0.508 e. The molecule has 2 aliphatic rings. The topological polar surface area (TPSA) is 52.7 Å². The molecule has 35 heavy (non-hydrogen) atoms. The van der Waals surface area contributed by atoms with E-state index in [1.54, 1.807) is 11.2 Å². The summed E-state index contributed by atoms with van der Waals surface area (Å²) in [7, 11) is 0. The Morgan fingerprint density at radius 3 is 2.40 bits per heavy atom. The van der Waals surface area contributed by atoms with Crippen LogP contribution in [0.1, 0.15) is 59.8 Å². The van der Waals surface area contributed by atoms with Gasteiger partial charge in [0.2, 0.25) is 0 Å². The molecular weight excluding hydrogens is 430 g/mol. The molecule has 2 atom stereocenters. The van der Waals surface area contributed by atoms with Gasteiger partial charge in [-0.15, -0.1) is 0 Å². The molecule has 3 aromatic carbocycles. The van der Waals surface area contributed by atoms with Gasteiger partial charge in [0.1, 0.15) is 5.75 Å². The van der Waals surface area contributed by atoms with Gasteiger partial charge in [-0.05, 0) is 90.5 Å². The van der Waals surface area contributed by atoms with Gasteiger partial charge < -0.3 is 15.0 Å². The van der Waals surface area contributed by atoms with Gasteiger partial charge in [-0.25, -0.2) is 5.84 Å². The number of hydrogen-bond donors (Lipinski definition) is 2. The highest BCUT2D eigenvalue weighted by atomic mass is 16.3. The Kier molecular flexibility index (Phi) is 7.10. The van der Waals surface area contributed by atoms with Gasteiger partial charge >= 0.3 is 0 Å². The quantitative estimate of drug-likeness (QED) is 0.322. The molecule has 5 rings (SSSR count). The molecule has 2 unspecified atom stereocenters. The molecule has 0 aromatic heterocycles. The monoisotopic (exact) mass is 467 g/mol. The second-order valence-electron chi connectivity index (χ2n) is 10.1. The van der Waals surface area contributed by atoms with Crippen LogP contribution in [-0.4, -0.2) is 29.7 Å². The van der Waals surface area contributed by atoms with E-state index in [0.717, 1.165) is 44.8 Å². The van der Waals surface area contributed by atoms with Crippen LogP contribution in [0, 0.1) is 5.92 Å². The first kappa shape index (κ1) is 23.5. The van der Waals surface area contributed by atoms with Crippen molar-refractivity contribution in [1.29, 1.82) is 0 Å². The minimum Gasteiger partial charge on any atom is -0.508 e. The van der Waals surface area contributed by atoms with Crippen LogP contribution in [0.25, 0.3) is 0 Å². The normalized spacial score (nSPS) is 20.3. The van der Waals surface area contributed by atoms with E-state index in [4.69, 9.17) is 5.84 Å². The summed E-state index contributed by atoms with van der Waals surface area (Å²) in [6.45, 7) is 6.81. The van der Waals surface area contributed by atoms with Gasteiger partial charge in [-0.3, -0.25) is 0 Å². The van der Waals surface area contributed by atoms with Gasteiger partial charge in [-0.1, -0.05) is 55.1 Å². The van der Waals surface area contributed by atoms with Gasteiger partial charge in [0, 0.05) is 37.4 Å². The van der Waals surface area contributed by atoms with Crippen molar-refractivity contribution in [3.63, 3.8) is 0 Å². The van der Waals surface area contributed by atoms with Crippen LogP contribution in [0.5, 0.6) is 5.75 Å². The standard InChI is InChI=1S/C31H37N3O/c1-2-34(32)21-18-23-16-19-33(20-17-23)27-11-8-25(9-12-27)31-29(24-6-4-3-5-7-24)14-10-26-22-28(35)13-15-30(26)31/h2-9,11-13,15,22-23,29,31,35H,1,10,14,16-21,32H2. The minimum atomic E-state index is 0.297. The summed E-state index contributed by atoms with van der Waals surface area (Å²) in [6, 6.07) is 26.1. The highest BCUT2D eigenvalue weighted by molar-refractivity contribution is 5.52. The molecule has 0 amide bonds. The summed E-state index contributed by atoms with van der Waals surface area (Å²) in [5.74, 6) is 7.69. The number of hydrazine groups is 1. The van der Waals surface area contributed by atoms with Gasteiger partial charge in [0.15, 0.2) is 0 Å². The van der Waals surface area contributed by atoms with Crippen molar-refractivity contribution in [3.8, 4) is 5.75 Å². The SMILES string of the molecule is C=CN(N)CCC1CCN(c2ccc(C3c4ccc(O)cc4CCC3c3ccccc3)cc2)CC1. The Morgan fingerprint density at radius 2 is 1.69 bits per heavy atom. The van der Waals surface area contributed by atoms with Crippen molar-refractivity contribution in [2.75, 3.05) is 24.5 Å². The first-order chi connectivity index (χ1) is 17.1. The molecule has 0 radical (unpaired) electrons. The lowest BCUT2D eigenvalue weighted by molar-refractivity contribution is 0.308. The minimum absolute atomic E-state index is 0.297. The molecular formula is C31H37N3O. The summed E-state index contributed by atoms with van der Waals surface area (Å²) in [5, 5.41) is 11.8. The number of piperidine rings is 1. The summed E-state index contributed by atoms with van der Waals surface area (Å²) in [4.78, 5) is 2.52. The molecule has 1 aliphatic carbocycles. The zero-order valence-corrected chi connectivity index (χ0v) is 20.5. The molecule has 4 nitrogen and oxygen atoms in total. The zero-order valence-electron chi connectivity index (χ0n) is 20.5. The number of rotatable bonds is 7. The first-order valence-corrected chi connectivity index (χ1v) is 13.0. The van der Waals surface area contributed by atoms with Crippen molar-refractivity contribution in [2.45, 2.75) is 43.9 Å². The Bertz CT molecular complexity index is 1120. The molecule has 0 saturated carbocycles. The van der Waals surface area contributed by atoms with Crippen LogP contribution in [0.3, 0.4) is 0 Å². The van der Waals surface area contributed by atoms with E-state index in [1.807, 2.05) is 12.1 Å². The van der Waals surface area contributed by atoms with E-state index in [0.29, 0.717) is 17.6 Å². The van der Waals surface area contributed by atoms with Crippen LogP contribution in [0.2, 0.25) is 0 Å². The summed E-state index contributed by atoms with van der Waals surface area (Å²) in [6.07, 6.45) is 7.35. The number of benzene rings is 3. The Labute approximate surface area is 209 Å². The first-order valence-electron chi connectivity index (χ1n) is 13.0. The molecule has 1 aliphatic heterocycles. The van der Waals surface area contributed by atoms with Crippen LogP contribution in [0.4, 0.5) is 5.69 Å². The average Bonchev–Trinajstić information content (AvgIpc) is 2.92. The lowest BCUT2D eigenvalue weighted by atomic mass is 9.69. The van der Waals surface area contributed by atoms with Crippen molar-refractivity contribution in [3.05, 3.63) is 108 Å². The summed E-state index contributed by atoms with van der Waals surface area (Å²) < 4.78 is 0. The zero-order chi connectivity index (χ0) is 24.2. The van der Waals surface area contributed by atoms with Crippen LogP contribution in [0.15, 0.2) is 85.6 Å². The Balaban J connectivity index is 1.34. The van der Waals surface area contributed by atoms with E-state index in [2.05, 4.69) is 72.1 Å². The summed E-state index contributed by atoms with van der Waals surface area (Å²) in [5.41, 5.74) is 6.70. The molecule has 182 valence electrons. The number of phenols is 1. The number of anilines is 1. The highest BCUT2D eigenvalue weighted by Crippen LogP contribution is 2.47. The Morgan fingerprint density at radius 1 is 0.943 bits per heavy atom.